The van der Waals surface area contributed by atoms with E-state index >= 15 is 0 Å². The highest BCUT2D eigenvalue weighted by molar-refractivity contribution is 5.90. The molecule has 3 aromatic carbocycles. The van der Waals surface area contributed by atoms with Gasteiger partial charge in [0.25, 0.3) is 0 Å². The number of H-pyrrole nitrogens is 2. The molecule has 2 aromatic heterocycles. The van der Waals surface area contributed by atoms with E-state index in [1.807, 2.05) is 26.0 Å². The fraction of sp³-hybridized carbons (Fsp3) is 0.297. The first kappa shape index (κ1) is 35.3. The van der Waals surface area contributed by atoms with Crippen LogP contribution in [-0.4, -0.2) is 87.3 Å². The highest BCUT2D eigenvalue weighted by Gasteiger charge is 2.17. The van der Waals surface area contributed by atoms with E-state index in [1.54, 1.807) is 22.2 Å². The molecule has 4 N–H and O–H groups in total. The van der Waals surface area contributed by atoms with Crippen LogP contribution in [0.5, 0.6) is 0 Å². The number of benzene rings is 3. The van der Waals surface area contributed by atoms with Crippen LogP contribution >= 0.6 is 0 Å². The maximum absolute atomic E-state index is 12.7. The quantitative estimate of drug-likeness (QED) is 0.108. The summed E-state index contributed by atoms with van der Waals surface area (Å²) in [6.45, 7) is 5.54. The molecule has 0 aliphatic rings. The Balaban J connectivity index is 1.24. The molecule has 4 amide bonds. The van der Waals surface area contributed by atoms with Gasteiger partial charge in [-0.3, -0.25) is 14.4 Å². The zero-order valence-electron chi connectivity index (χ0n) is 28.5. The summed E-state index contributed by atoms with van der Waals surface area (Å²) in [4.78, 5) is 66.1. The molecular formula is C37H42N8O5. The molecule has 5 aromatic rings. The van der Waals surface area contributed by atoms with Crippen molar-refractivity contribution in [3.05, 3.63) is 84.7 Å². The minimum atomic E-state index is -0.648. The third-order valence-corrected chi connectivity index (χ3v) is 8.22. The summed E-state index contributed by atoms with van der Waals surface area (Å²) in [7, 11) is 1.26. The van der Waals surface area contributed by atoms with Gasteiger partial charge in [0.2, 0.25) is 18.2 Å². The van der Waals surface area contributed by atoms with Gasteiger partial charge in [-0.15, -0.1) is 0 Å². The monoisotopic (exact) mass is 678 g/mol. The van der Waals surface area contributed by atoms with Crippen LogP contribution in [0.15, 0.2) is 73.1 Å². The van der Waals surface area contributed by atoms with E-state index in [0.717, 1.165) is 57.3 Å². The van der Waals surface area contributed by atoms with Crippen LogP contribution in [-0.2, 0) is 32.2 Å². The number of fused-ring (bicyclic) bond motifs is 1. The third kappa shape index (κ3) is 8.92. The number of nitrogens with zero attached hydrogens (tertiary/aromatic N) is 4. The number of methoxy groups -OCH3 is 1. The van der Waals surface area contributed by atoms with E-state index in [-0.39, 0.29) is 24.9 Å². The van der Waals surface area contributed by atoms with Crippen molar-refractivity contribution in [1.29, 1.82) is 0 Å². The summed E-state index contributed by atoms with van der Waals surface area (Å²) in [5.74, 6) is 0.959. The van der Waals surface area contributed by atoms with Crippen LogP contribution in [0.25, 0.3) is 44.4 Å². The van der Waals surface area contributed by atoms with Crippen LogP contribution in [0.3, 0.4) is 0 Å². The smallest absolute Gasteiger partial charge is 0.407 e. The van der Waals surface area contributed by atoms with Gasteiger partial charge in [-0.1, -0.05) is 62.4 Å². The number of ether oxygens (including phenoxy) is 1. The number of nitrogens with one attached hydrogen (secondary N) is 4. The Hall–Kier alpha value is -5.98. The summed E-state index contributed by atoms with van der Waals surface area (Å²) < 4.78 is 4.55. The first-order valence-corrected chi connectivity index (χ1v) is 16.6. The van der Waals surface area contributed by atoms with Crippen LogP contribution < -0.4 is 10.6 Å². The number of rotatable bonds is 16. The normalized spacial score (nSPS) is 10.9. The number of carbonyl (C=O) groups is 4. The number of carbonyl (C=O) groups excluding carboxylic acids is 4. The molecule has 0 fully saturated rings. The Morgan fingerprint density at radius 2 is 1.22 bits per heavy atom. The lowest BCUT2D eigenvalue weighted by atomic mass is 9.98. The van der Waals surface area contributed by atoms with E-state index in [4.69, 9.17) is 0 Å². The highest BCUT2D eigenvalue weighted by atomic mass is 16.5. The van der Waals surface area contributed by atoms with Crippen molar-refractivity contribution in [1.82, 2.24) is 40.4 Å². The lowest BCUT2D eigenvalue weighted by Crippen LogP contribution is -2.40. The second-order valence-corrected chi connectivity index (χ2v) is 11.8. The molecule has 13 heteroatoms. The van der Waals surface area contributed by atoms with Crippen molar-refractivity contribution in [2.24, 2.45) is 0 Å². The van der Waals surface area contributed by atoms with E-state index in [2.05, 4.69) is 83.8 Å². The van der Waals surface area contributed by atoms with Crippen molar-refractivity contribution < 1.29 is 23.9 Å². The largest absolute Gasteiger partial charge is 0.453 e. The van der Waals surface area contributed by atoms with E-state index in [9.17, 15) is 19.2 Å². The number of aromatic amines is 2. The molecule has 50 heavy (non-hydrogen) atoms. The Bertz CT molecular complexity index is 1930. The molecule has 0 saturated heterocycles. The number of alkyl carbamates (subject to hydrolysis) is 1. The fourth-order valence-corrected chi connectivity index (χ4v) is 5.67. The first-order chi connectivity index (χ1) is 24.3. The number of hydrogen-bond acceptors (Lipinski definition) is 7. The molecule has 5 rings (SSSR count). The van der Waals surface area contributed by atoms with Crippen molar-refractivity contribution in [2.45, 2.75) is 39.8 Å². The van der Waals surface area contributed by atoms with Gasteiger partial charge in [-0.25, -0.2) is 14.8 Å². The van der Waals surface area contributed by atoms with Crippen LogP contribution in [0.4, 0.5) is 4.79 Å². The SMILES string of the molecule is CCCN(Cc1ncc(-c2ccc3cc(-c4ccc(-c5cnc(CN(CCC)C(=O)CNC(=O)OC)[nH]5)cc4)ccc3c2)[nH]1)C(=O)CNC=O. The van der Waals surface area contributed by atoms with Crippen molar-refractivity contribution in [2.75, 3.05) is 33.3 Å². The Morgan fingerprint density at radius 3 is 1.78 bits per heavy atom. The summed E-state index contributed by atoms with van der Waals surface area (Å²) >= 11 is 0. The zero-order chi connectivity index (χ0) is 35.5. The van der Waals surface area contributed by atoms with Gasteiger partial charge in [0.15, 0.2) is 0 Å². The van der Waals surface area contributed by atoms with Crippen molar-refractivity contribution in [3.63, 3.8) is 0 Å². The van der Waals surface area contributed by atoms with Gasteiger partial charge in [0.05, 0.1) is 50.5 Å². The Labute approximate surface area is 290 Å². The standard InChI is InChI=1S/C37H42N8O5/c1-4-14-44(35(47)20-38-24-46)22-34-40-19-32(43-34)30-13-12-28-16-27(10-11-29(28)17-30)25-6-8-26(9-7-25)31-18-39-33(42-31)23-45(15-5-2)36(48)21-41-37(49)50-3/h6-13,16-19,24H,4-5,14-15,20-23H2,1-3H3,(H,38,46)(H,39,42)(H,40,43)(H,41,49). The van der Waals surface area contributed by atoms with Gasteiger partial charge in [-0.05, 0) is 52.4 Å². The van der Waals surface area contributed by atoms with E-state index in [1.165, 1.54) is 7.11 Å². The molecule has 0 saturated carbocycles. The molecule has 0 aliphatic carbocycles. The van der Waals surface area contributed by atoms with Gasteiger partial charge in [0, 0.05) is 18.7 Å². The van der Waals surface area contributed by atoms with Gasteiger partial charge in [-0.2, -0.15) is 0 Å². The Kier molecular flexibility index (Phi) is 11.9. The fourth-order valence-electron chi connectivity index (χ4n) is 5.67. The number of amides is 4. The molecule has 13 nitrogen and oxygen atoms in total. The number of hydrogen-bond donors (Lipinski definition) is 4. The predicted molar refractivity (Wildman–Crippen MR) is 190 cm³/mol. The topological polar surface area (TPSA) is 165 Å². The summed E-state index contributed by atoms with van der Waals surface area (Å²) in [5, 5.41) is 7.06. The van der Waals surface area contributed by atoms with Gasteiger partial charge >= 0.3 is 6.09 Å². The van der Waals surface area contributed by atoms with Gasteiger partial charge in [0.1, 0.15) is 18.2 Å². The summed E-state index contributed by atoms with van der Waals surface area (Å²) in [6.07, 6.45) is 4.98. The maximum atomic E-state index is 12.7. The third-order valence-electron chi connectivity index (χ3n) is 8.22. The predicted octanol–water partition coefficient (Wildman–Crippen LogP) is 4.87. The molecule has 2 heterocycles. The van der Waals surface area contributed by atoms with E-state index in [0.29, 0.717) is 44.2 Å². The molecule has 260 valence electrons. The molecule has 0 aliphatic heterocycles. The lowest BCUT2D eigenvalue weighted by Gasteiger charge is -2.21. The molecule has 0 bridgehead atoms. The maximum Gasteiger partial charge on any atom is 0.407 e. The first-order valence-electron chi connectivity index (χ1n) is 16.6. The average Bonchev–Trinajstić information content (AvgIpc) is 3.82. The minimum absolute atomic E-state index is 0.0394. The molecule has 0 atom stereocenters. The number of imidazole rings is 2. The number of aromatic nitrogens is 4. The average molecular weight is 679 g/mol. The summed E-state index contributed by atoms with van der Waals surface area (Å²) in [6, 6.07) is 20.9. The lowest BCUT2D eigenvalue weighted by molar-refractivity contribution is -0.132. The zero-order valence-corrected chi connectivity index (χ0v) is 28.5. The van der Waals surface area contributed by atoms with Crippen LogP contribution in [0.2, 0.25) is 0 Å². The Morgan fingerprint density at radius 1 is 0.720 bits per heavy atom. The van der Waals surface area contributed by atoms with Crippen molar-refractivity contribution in [3.8, 4) is 33.6 Å². The van der Waals surface area contributed by atoms with E-state index < -0.39 is 6.09 Å². The second kappa shape index (κ2) is 16.9. The van der Waals surface area contributed by atoms with Gasteiger partial charge < -0.3 is 35.1 Å². The van der Waals surface area contributed by atoms with Crippen LogP contribution in [0, 0.1) is 0 Å². The molecular weight excluding hydrogens is 636 g/mol. The molecule has 0 radical (unpaired) electrons. The second-order valence-electron chi connectivity index (χ2n) is 11.8. The summed E-state index contributed by atoms with van der Waals surface area (Å²) in [5.41, 5.74) is 5.82. The minimum Gasteiger partial charge on any atom is -0.453 e. The highest BCUT2D eigenvalue weighted by Crippen LogP contribution is 2.29. The molecule has 0 unspecified atom stereocenters. The van der Waals surface area contributed by atoms with Crippen molar-refractivity contribution >= 4 is 35.1 Å². The molecule has 0 spiro atoms. The van der Waals surface area contributed by atoms with Crippen LogP contribution in [0.1, 0.15) is 38.3 Å².